The summed E-state index contributed by atoms with van der Waals surface area (Å²) in [6.45, 7) is 3.91. The van der Waals surface area contributed by atoms with Gasteiger partial charge < -0.3 is 5.32 Å². The van der Waals surface area contributed by atoms with Crippen LogP contribution in [0.2, 0.25) is 5.02 Å². The van der Waals surface area contributed by atoms with E-state index in [9.17, 15) is 9.18 Å². The Bertz CT molecular complexity index is 590. The molecule has 5 heteroatoms. The topological polar surface area (TPSA) is 29.1 Å². The van der Waals surface area contributed by atoms with Gasteiger partial charge in [-0.25, -0.2) is 4.39 Å². The summed E-state index contributed by atoms with van der Waals surface area (Å²) in [6.07, 6.45) is 0. The normalized spacial score (nSPS) is 10.4. The van der Waals surface area contributed by atoms with Gasteiger partial charge in [0, 0.05) is 4.88 Å². The van der Waals surface area contributed by atoms with Crippen LogP contribution in [0.1, 0.15) is 20.1 Å². The van der Waals surface area contributed by atoms with Crippen molar-refractivity contribution in [3.63, 3.8) is 0 Å². The van der Waals surface area contributed by atoms with Crippen LogP contribution in [0.15, 0.2) is 24.3 Å². The number of amides is 1. The van der Waals surface area contributed by atoms with Gasteiger partial charge in [0.2, 0.25) is 0 Å². The van der Waals surface area contributed by atoms with Crippen LogP contribution in [-0.4, -0.2) is 5.91 Å². The van der Waals surface area contributed by atoms with Gasteiger partial charge >= 0.3 is 0 Å². The molecule has 1 heterocycles. The first-order valence-corrected chi connectivity index (χ1v) is 6.50. The van der Waals surface area contributed by atoms with Crippen molar-refractivity contribution in [1.29, 1.82) is 0 Å². The Kier molecular flexibility index (Phi) is 3.68. The predicted molar refractivity (Wildman–Crippen MR) is 73.2 cm³/mol. The molecule has 2 aromatic rings. The average Bonchev–Trinajstić information content (AvgIpc) is 2.63. The summed E-state index contributed by atoms with van der Waals surface area (Å²) in [7, 11) is 0. The van der Waals surface area contributed by atoms with Gasteiger partial charge in [0.15, 0.2) is 0 Å². The van der Waals surface area contributed by atoms with E-state index in [4.69, 9.17) is 11.6 Å². The molecule has 1 aromatic heterocycles. The average molecular weight is 284 g/mol. The minimum absolute atomic E-state index is 0.188. The standard InChI is InChI=1S/C13H11ClFNOS/c1-7-5-12(18-8(7)2)13(17)16-11-4-3-9(15)6-10(11)14/h3-6H,1-2H3,(H,16,17). The molecule has 0 aliphatic rings. The largest absolute Gasteiger partial charge is 0.320 e. The molecule has 1 N–H and O–H groups in total. The fourth-order valence-corrected chi connectivity index (χ4v) is 2.60. The third-order valence-electron chi connectivity index (χ3n) is 2.57. The molecule has 94 valence electrons. The van der Waals surface area contributed by atoms with Crippen molar-refractivity contribution in [3.8, 4) is 0 Å². The van der Waals surface area contributed by atoms with Crippen LogP contribution in [0.3, 0.4) is 0 Å². The zero-order valence-electron chi connectivity index (χ0n) is 9.88. The predicted octanol–water partition coefficient (Wildman–Crippen LogP) is 4.41. The molecule has 2 nitrogen and oxygen atoms in total. The molecule has 0 aliphatic heterocycles. The molecule has 0 aliphatic carbocycles. The molecule has 0 saturated heterocycles. The molecule has 18 heavy (non-hydrogen) atoms. The van der Waals surface area contributed by atoms with E-state index in [-0.39, 0.29) is 10.9 Å². The van der Waals surface area contributed by atoms with E-state index in [0.29, 0.717) is 10.6 Å². The molecular formula is C13H11ClFNOS. The van der Waals surface area contributed by atoms with Crippen LogP contribution < -0.4 is 5.32 Å². The summed E-state index contributed by atoms with van der Waals surface area (Å²) < 4.78 is 12.9. The van der Waals surface area contributed by atoms with E-state index in [0.717, 1.165) is 10.4 Å². The highest BCUT2D eigenvalue weighted by molar-refractivity contribution is 7.14. The van der Waals surface area contributed by atoms with Crippen LogP contribution in [0.25, 0.3) is 0 Å². The summed E-state index contributed by atoms with van der Waals surface area (Å²) in [4.78, 5) is 13.7. The van der Waals surface area contributed by atoms with Crippen LogP contribution in [0.5, 0.6) is 0 Å². The Labute approximate surface area is 113 Å². The molecular weight excluding hydrogens is 273 g/mol. The lowest BCUT2D eigenvalue weighted by Crippen LogP contribution is -2.10. The number of thiophene rings is 1. The van der Waals surface area contributed by atoms with Gasteiger partial charge in [0.05, 0.1) is 15.6 Å². The second kappa shape index (κ2) is 5.08. The number of carbonyl (C=O) groups is 1. The first kappa shape index (κ1) is 13.1. The van der Waals surface area contributed by atoms with Crippen LogP contribution in [0.4, 0.5) is 10.1 Å². The van der Waals surface area contributed by atoms with Crippen molar-refractivity contribution in [3.05, 3.63) is 50.4 Å². The number of carbonyl (C=O) groups excluding carboxylic acids is 1. The Hall–Kier alpha value is -1.39. The fourth-order valence-electron chi connectivity index (χ4n) is 1.46. The maximum absolute atomic E-state index is 12.9. The number of nitrogens with one attached hydrogen (secondary N) is 1. The van der Waals surface area contributed by atoms with E-state index in [1.54, 1.807) is 0 Å². The number of hydrogen-bond donors (Lipinski definition) is 1. The lowest BCUT2D eigenvalue weighted by molar-refractivity contribution is 0.103. The zero-order valence-corrected chi connectivity index (χ0v) is 11.5. The lowest BCUT2D eigenvalue weighted by atomic mass is 10.2. The van der Waals surface area contributed by atoms with Crippen molar-refractivity contribution in [1.82, 2.24) is 0 Å². The number of anilines is 1. The molecule has 0 spiro atoms. The summed E-state index contributed by atoms with van der Waals surface area (Å²) >= 11 is 7.27. The van der Waals surface area contributed by atoms with Gasteiger partial charge in [-0.1, -0.05) is 11.6 Å². The molecule has 0 radical (unpaired) electrons. The van der Waals surface area contributed by atoms with Crippen LogP contribution in [0, 0.1) is 19.7 Å². The molecule has 0 bridgehead atoms. The van der Waals surface area contributed by atoms with Gasteiger partial charge in [-0.3, -0.25) is 4.79 Å². The second-order valence-corrected chi connectivity index (χ2v) is 5.59. The summed E-state index contributed by atoms with van der Waals surface area (Å²) in [5, 5.41) is 2.86. The molecule has 0 unspecified atom stereocenters. The highest BCUT2D eigenvalue weighted by atomic mass is 35.5. The van der Waals surface area contributed by atoms with Crippen molar-refractivity contribution in [2.24, 2.45) is 0 Å². The Morgan fingerprint density at radius 3 is 2.61 bits per heavy atom. The Morgan fingerprint density at radius 1 is 1.33 bits per heavy atom. The third-order valence-corrected chi connectivity index (χ3v) is 4.03. The summed E-state index contributed by atoms with van der Waals surface area (Å²) in [5.41, 5.74) is 1.49. The second-order valence-electron chi connectivity index (χ2n) is 3.93. The third kappa shape index (κ3) is 2.71. The van der Waals surface area contributed by atoms with E-state index < -0.39 is 5.82 Å². The molecule has 0 atom stereocenters. The van der Waals surface area contributed by atoms with E-state index in [2.05, 4.69) is 5.32 Å². The first-order valence-electron chi connectivity index (χ1n) is 5.31. The molecule has 1 amide bonds. The number of rotatable bonds is 2. The van der Waals surface area contributed by atoms with Gasteiger partial charge in [0.1, 0.15) is 5.82 Å². The maximum Gasteiger partial charge on any atom is 0.265 e. The maximum atomic E-state index is 12.9. The number of aryl methyl sites for hydroxylation is 2. The summed E-state index contributed by atoms with van der Waals surface area (Å²) in [5.74, 6) is -0.662. The lowest BCUT2D eigenvalue weighted by Gasteiger charge is -2.05. The van der Waals surface area contributed by atoms with Crippen molar-refractivity contribution in [2.45, 2.75) is 13.8 Å². The molecule has 0 saturated carbocycles. The quantitative estimate of drug-likeness (QED) is 0.869. The van der Waals surface area contributed by atoms with Crippen molar-refractivity contribution >= 4 is 34.5 Å². The van der Waals surface area contributed by atoms with E-state index >= 15 is 0 Å². The monoisotopic (exact) mass is 283 g/mol. The number of hydrogen-bond acceptors (Lipinski definition) is 2. The minimum atomic E-state index is -0.430. The fraction of sp³-hybridized carbons (Fsp3) is 0.154. The molecule has 2 rings (SSSR count). The minimum Gasteiger partial charge on any atom is -0.320 e. The van der Waals surface area contributed by atoms with E-state index in [1.807, 2.05) is 19.9 Å². The smallest absolute Gasteiger partial charge is 0.265 e. The number of benzene rings is 1. The summed E-state index contributed by atoms with van der Waals surface area (Å²) in [6, 6.07) is 5.70. The highest BCUT2D eigenvalue weighted by Gasteiger charge is 2.12. The van der Waals surface area contributed by atoms with Gasteiger partial charge in [-0.15, -0.1) is 11.3 Å². The van der Waals surface area contributed by atoms with Crippen LogP contribution >= 0.6 is 22.9 Å². The molecule has 0 fully saturated rings. The zero-order chi connectivity index (χ0) is 13.3. The van der Waals surface area contributed by atoms with Crippen LogP contribution in [-0.2, 0) is 0 Å². The van der Waals surface area contributed by atoms with Gasteiger partial charge in [-0.05, 0) is 43.7 Å². The number of halogens is 2. The van der Waals surface area contributed by atoms with Crippen molar-refractivity contribution in [2.75, 3.05) is 5.32 Å². The Balaban J connectivity index is 2.21. The molecule has 1 aromatic carbocycles. The highest BCUT2D eigenvalue weighted by Crippen LogP contribution is 2.25. The van der Waals surface area contributed by atoms with Crippen molar-refractivity contribution < 1.29 is 9.18 Å². The Morgan fingerprint density at radius 2 is 2.06 bits per heavy atom. The first-order chi connectivity index (χ1) is 8.47. The van der Waals surface area contributed by atoms with E-state index in [1.165, 1.54) is 29.5 Å². The SMILES string of the molecule is Cc1cc(C(=O)Nc2ccc(F)cc2Cl)sc1C. The van der Waals surface area contributed by atoms with Gasteiger partial charge in [-0.2, -0.15) is 0 Å². The van der Waals surface area contributed by atoms with Gasteiger partial charge in [0.25, 0.3) is 5.91 Å².